The highest BCUT2D eigenvalue weighted by atomic mass is 16.5. The molecule has 0 N–H and O–H groups in total. The van der Waals surface area contributed by atoms with Gasteiger partial charge < -0.3 is 9.47 Å². The van der Waals surface area contributed by atoms with Crippen LogP contribution in [-0.2, 0) is 6.61 Å². The minimum atomic E-state index is -0.120. The van der Waals surface area contributed by atoms with E-state index in [9.17, 15) is 4.79 Å². The van der Waals surface area contributed by atoms with Crippen LogP contribution < -0.4 is 15.0 Å². The molecule has 0 radical (unpaired) electrons. The molecule has 5 rings (SSSR count). The average Bonchev–Trinajstić information content (AvgIpc) is 3.36. The van der Waals surface area contributed by atoms with Gasteiger partial charge in [-0.05, 0) is 55.3 Å². The van der Waals surface area contributed by atoms with Gasteiger partial charge in [-0.15, -0.1) is 0 Å². The second-order valence-corrected chi connectivity index (χ2v) is 8.11. The van der Waals surface area contributed by atoms with Crippen LogP contribution in [0.2, 0.25) is 0 Å². The number of fused-ring (bicyclic) bond motifs is 1. The number of hydrogen-bond acceptors (Lipinski definition) is 4. The molecule has 2 aliphatic rings. The summed E-state index contributed by atoms with van der Waals surface area (Å²) in [5, 5.41) is 0. The maximum Gasteiger partial charge on any atom is 0.258 e. The van der Waals surface area contributed by atoms with Crippen molar-refractivity contribution in [1.82, 2.24) is 9.47 Å². The van der Waals surface area contributed by atoms with E-state index in [2.05, 4.69) is 4.90 Å². The van der Waals surface area contributed by atoms with Gasteiger partial charge in [0.25, 0.3) is 5.56 Å². The Balaban J connectivity index is 1.22. The Labute approximate surface area is 176 Å². The van der Waals surface area contributed by atoms with Crippen LogP contribution in [0.4, 0.5) is 0 Å². The molecule has 2 aliphatic heterocycles. The molecule has 3 aromatic rings. The molecule has 30 heavy (non-hydrogen) atoms. The zero-order valence-corrected chi connectivity index (χ0v) is 16.9. The molecular formula is C25H26N2O3. The van der Waals surface area contributed by atoms with Crippen molar-refractivity contribution < 1.29 is 9.47 Å². The smallest absolute Gasteiger partial charge is 0.258 e. The SMILES string of the molecule is O=c1cc(OCc2ccccc2)ccn1-c1ccc(O[C@H]2C[C@H]3CCCN3C2)cc1. The monoisotopic (exact) mass is 402 g/mol. The van der Waals surface area contributed by atoms with E-state index in [1.807, 2.05) is 60.7 Å². The van der Waals surface area contributed by atoms with Crippen molar-refractivity contribution in [1.29, 1.82) is 0 Å². The molecule has 1 aromatic heterocycles. The Hall–Kier alpha value is -3.05. The largest absolute Gasteiger partial charge is 0.489 e. The summed E-state index contributed by atoms with van der Waals surface area (Å²) in [5.41, 5.74) is 1.76. The fourth-order valence-electron chi connectivity index (χ4n) is 4.51. The van der Waals surface area contributed by atoms with E-state index in [-0.39, 0.29) is 11.7 Å². The fraction of sp³-hybridized carbons (Fsp3) is 0.320. The second kappa shape index (κ2) is 8.36. The Morgan fingerprint density at radius 2 is 1.80 bits per heavy atom. The summed E-state index contributed by atoms with van der Waals surface area (Å²) in [7, 11) is 0. The zero-order chi connectivity index (χ0) is 20.3. The lowest BCUT2D eigenvalue weighted by Crippen LogP contribution is -2.25. The minimum absolute atomic E-state index is 0.120. The first kappa shape index (κ1) is 18.9. The van der Waals surface area contributed by atoms with Crippen molar-refractivity contribution in [3.05, 3.63) is 88.8 Å². The number of hydrogen-bond donors (Lipinski definition) is 0. The molecular weight excluding hydrogens is 376 g/mol. The quantitative estimate of drug-likeness (QED) is 0.624. The maximum absolute atomic E-state index is 12.6. The van der Waals surface area contributed by atoms with Crippen molar-refractivity contribution in [3.63, 3.8) is 0 Å². The third-order valence-electron chi connectivity index (χ3n) is 6.03. The summed E-state index contributed by atoms with van der Waals surface area (Å²) < 4.78 is 13.5. The van der Waals surface area contributed by atoms with Gasteiger partial charge in [-0.1, -0.05) is 30.3 Å². The van der Waals surface area contributed by atoms with Crippen LogP contribution in [0.5, 0.6) is 11.5 Å². The lowest BCUT2D eigenvalue weighted by atomic mass is 10.1. The second-order valence-electron chi connectivity index (χ2n) is 8.11. The molecule has 0 saturated carbocycles. The predicted octanol–water partition coefficient (Wildman–Crippen LogP) is 4.03. The van der Waals surface area contributed by atoms with E-state index in [1.54, 1.807) is 10.8 Å². The molecule has 5 nitrogen and oxygen atoms in total. The van der Waals surface area contributed by atoms with Crippen LogP contribution in [0.25, 0.3) is 5.69 Å². The van der Waals surface area contributed by atoms with Crippen molar-refractivity contribution in [3.8, 4) is 17.2 Å². The van der Waals surface area contributed by atoms with E-state index in [4.69, 9.17) is 9.47 Å². The number of ether oxygens (including phenoxy) is 2. The fourth-order valence-corrected chi connectivity index (χ4v) is 4.51. The van der Waals surface area contributed by atoms with E-state index < -0.39 is 0 Å². The van der Waals surface area contributed by atoms with Gasteiger partial charge in [-0.25, -0.2) is 0 Å². The summed E-state index contributed by atoms with van der Waals surface area (Å²) in [6, 6.07) is 21.7. The van der Waals surface area contributed by atoms with Gasteiger partial charge in [-0.3, -0.25) is 14.3 Å². The molecule has 0 aliphatic carbocycles. The van der Waals surface area contributed by atoms with Crippen LogP contribution in [0.1, 0.15) is 24.8 Å². The molecule has 0 bridgehead atoms. The van der Waals surface area contributed by atoms with Crippen molar-refractivity contribution in [2.45, 2.75) is 38.0 Å². The van der Waals surface area contributed by atoms with Crippen LogP contribution in [0, 0.1) is 0 Å². The van der Waals surface area contributed by atoms with Crippen LogP contribution >= 0.6 is 0 Å². The first-order valence-corrected chi connectivity index (χ1v) is 10.7. The topological polar surface area (TPSA) is 43.7 Å². The van der Waals surface area contributed by atoms with Gasteiger partial charge in [-0.2, -0.15) is 0 Å². The first-order valence-electron chi connectivity index (χ1n) is 10.7. The standard InChI is InChI=1S/C25H26N2O3/c28-25-16-23(29-18-19-5-2-1-3-6-19)12-14-27(25)20-8-10-22(11-9-20)30-24-15-21-7-4-13-26(21)17-24/h1-3,5-6,8-12,14,16,21,24H,4,7,13,15,17-18H2/t21-,24+/m1/s1. The molecule has 2 atom stereocenters. The molecule has 2 saturated heterocycles. The Morgan fingerprint density at radius 1 is 0.967 bits per heavy atom. The van der Waals surface area contributed by atoms with Gasteiger partial charge >= 0.3 is 0 Å². The molecule has 3 heterocycles. The normalized spacial score (nSPS) is 20.8. The number of rotatable bonds is 6. The number of nitrogens with zero attached hydrogens (tertiary/aromatic N) is 2. The van der Waals surface area contributed by atoms with Crippen molar-refractivity contribution >= 4 is 0 Å². The Bertz CT molecular complexity index is 1030. The lowest BCUT2D eigenvalue weighted by Gasteiger charge is -2.15. The summed E-state index contributed by atoms with van der Waals surface area (Å²) in [5.74, 6) is 1.43. The Morgan fingerprint density at radius 3 is 2.57 bits per heavy atom. The van der Waals surface area contributed by atoms with E-state index in [1.165, 1.54) is 25.5 Å². The average molecular weight is 402 g/mol. The predicted molar refractivity (Wildman–Crippen MR) is 116 cm³/mol. The van der Waals surface area contributed by atoms with E-state index in [0.717, 1.165) is 30.0 Å². The molecule has 2 fully saturated rings. The van der Waals surface area contributed by atoms with Gasteiger partial charge in [0.2, 0.25) is 0 Å². The van der Waals surface area contributed by atoms with Gasteiger partial charge in [0, 0.05) is 37.0 Å². The molecule has 0 amide bonds. The third kappa shape index (κ3) is 4.12. The molecule has 2 aromatic carbocycles. The van der Waals surface area contributed by atoms with Crippen LogP contribution in [0.3, 0.4) is 0 Å². The lowest BCUT2D eigenvalue weighted by molar-refractivity contribution is 0.202. The first-order chi connectivity index (χ1) is 14.7. The maximum atomic E-state index is 12.6. The number of benzene rings is 2. The molecule has 0 spiro atoms. The minimum Gasteiger partial charge on any atom is -0.489 e. The van der Waals surface area contributed by atoms with Crippen molar-refractivity contribution in [2.24, 2.45) is 0 Å². The van der Waals surface area contributed by atoms with Crippen LogP contribution in [0.15, 0.2) is 77.7 Å². The highest BCUT2D eigenvalue weighted by Crippen LogP contribution is 2.30. The molecule has 0 unspecified atom stereocenters. The van der Waals surface area contributed by atoms with Gasteiger partial charge in [0.15, 0.2) is 0 Å². The highest BCUT2D eigenvalue weighted by Gasteiger charge is 2.36. The highest BCUT2D eigenvalue weighted by molar-refractivity contribution is 5.38. The number of aromatic nitrogens is 1. The third-order valence-corrected chi connectivity index (χ3v) is 6.03. The molecule has 154 valence electrons. The van der Waals surface area contributed by atoms with Crippen molar-refractivity contribution in [2.75, 3.05) is 13.1 Å². The number of pyridine rings is 1. The van der Waals surface area contributed by atoms with E-state index in [0.29, 0.717) is 18.4 Å². The Kier molecular flexibility index (Phi) is 5.28. The van der Waals surface area contributed by atoms with E-state index >= 15 is 0 Å². The summed E-state index contributed by atoms with van der Waals surface area (Å²) in [6.45, 7) is 2.67. The van der Waals surface area contributed by atoms with Gasteiger partial charge in [0.1, 0.15) is 24.2 Å². The van der Waals surface area contributed by atoms with Crippen LogP contribution in [-0.4, -0.2) is 34.7 Å². The summed E-state index contributed by atoms with van der Waals surface area (Å²) in [4.78, 5) is 15.1. The summed E-state index contributed by atoms with van der Waals surface area (Å²) in [6.07, 6.45) is 5.75. The molecule has 5 heteroatoms. The zero-order valence-electron chi connectivity index (χ0n) is 16.9. The summed E-state index contributed by atoms with van der Waals surface area (Å²) >= 11 is 0. The van der Waals surface area contributed by atoms with Gasteiger partial charge in [0.05, 0.1) is 0 Å².